The van der Waals surface area contributed by atoms with E-state index in [0.717, 1.165) is 39.5 Å². The van der Waals surface area contributed by atoms with Crippen LogP contribution in [-0.4, -0.2) is 21.5 Å². The highest BCUT2D eigenvalue weighted by Crippen LogP contribution is 2.33. The van der Waals surface area contributed by atoms with Crippen LogP contribution in [0.3, 0.4) is 0 Å². The van der Waals surface area contributed by atoms with Gasteiger partial charge in [0.05, 0.1) is 10.2 Å². The van der Waals surface area contributed by atoms with E-state index in [0.29, 0.717) is 0 Å². The molecule has 2 heterocycles. The molecule has 6 heteroatoms. The van der Waals surface area contributed by atoms with E-state index >= 15 is 0 Å². The molecule has 21 heavy (non-hydrogen) atoms. The molecular formula is C15H16N4S2. The third-order valence-electron chi connectivity index (χ3n) is 2.84. The van der Waals surface area contributed by atoms with E-state index in [1.807, 2.05) is 31.2 Å². The molecule has 0 fully saturated rings. The van der Waals surface area contributed by atoms with Crippen molar-refractivity contribution in [1.29, 1.82) is 0 Å². The van der Waals surface area contributed by atoms with Gasteiger partial charge in [-0.25, -0.2) is 15.0 Å². The largest absolute Gasteiger partial charge is 0.370 e. The zero-order chi connectivity index (χ0) is 14.7. The minimum Gasteiger partial charge on any atom is -0.370 e. The van der Waals surface area contributed by atoms with Crippen molar-refractivity contribution in [2.24, 2.45) is 0 Å². The number of anilines is 1. The Labute approximate surface area is 132 Å². The van der Waals surface area contributed by atoms with Gasteiger partial charge in [-0.15, -0.1) is 11.3 Å². The molecule has 0 aliphatic carbocycles. The summed E-state index contributed by atoms with van der Waals surface area (Å²) in [6.07, 6.45) is 1.07. The lowest BCUT2D eigenvalue weighted by atomic mass is 10.3. The van der Waals surface area contributed by atoms with Crippen LogP contribution in [0, 0.1) is 6.92 Å². The Morgan fingerprint density at radius 3 is 2.86 bits per heavy atom. The molecule has 0 bridgehead atoms. The molecule has 0 amide bonds. The van der Waals surface area contributed by atoms with Crippen LogP contribution in [0.5, 0.6) is 0 Å². The Balaban J connectivity index is 1.84. The van der Waals surface area contributed by atoms with Gasteiger partial charge in [-0.05, 0) is 37.2 Å². The summed E-state index contributed by atoms with van der Waals surface area (Å²) in [5, 5.41) is 4.24. The molecule has 2 aromatic heterocycles. The van der Waals surface area contributed by atoms with Crippen LogP contribution in [-0.2, 0) is 0 Å². The van der Waals surface area contributed by atoms with Crippen molar-refractivity contribution < 1.29 is 0 Å². The first-order valence-electron chi connectivity index (χ1n) is 6.87. The third kappa shape index (κ3) is 3.51. The first-order chi connectivity index (χ1) is 10.2. The molecule has 1 aromatic carbocycles. The van der Waals surface area contributed by atoms with Gasteiger partial charge in [-0.2, -0.15) is 0 Å². The van der Waals surface area contributed by atoms with Crippen LogP contribution in [0.1, 0.15) is 19.2 Å². The predicted octanol–water partition coefficient (Wildman–Crippen LogP) is 4.37. The Morgan fingerprint density at radius 1 is 1.19 bits per heavy atom. The fraction of sp³-hybridized carbons (Fsp3) is 0.267. The lowest BCUT2D eigenvalue weighted by Crippen LogP contribution is -2.04. The number of nitrogens with zero attached hydrogens (tertiary/aromatic N) is 3. The molecule has 0 unspecified atom stereocenters. The smallest absolute Gasteiger partial charge is 0.157 e. The van der Waals surface area contributed by atoms with Gasteiger partial charge in [0.1, 0.15) is 16.7 Å². The summed E-state index contributed by atoms with van der Waals surface area (Å²) >= 11 is 3.28. The second-order valence-electron chi connectivity index (χ2n) is 4.61. The molecule has 0 saturated heterocycles. The van der Waals surface area contributed by atoms with Crippen LogP contribution < -0.4 is 5.32 Å². The molecular weight excluding hydrogens is 300 g/mol. The second kappa shape index (κ2) is 6.41. The first-order valence-corrected chi connectivity index (χ1v) is 8.51. The summed E-state index contributed by atoms with van der Waals surface area (Å²) in [5.74, 6) is 1.66. The number of thiazole rings is 1. The summed E-state index contributed by atoms with van der Waals surface area (Å²) in [7, 11) is 0. The van der Waals surface area contributed by atoms with E-state index in [2.05, 4.69) is 33.3 Å². The predicted molar refractivity (Wildman–Crippen MR) is 89.3 cm³/mol. The van der Waals surface area contributed by atoms with Crippen molar-refractivity contribution in [2.45, 2.75) is 29.6 Å². The summed E-state index contributed by atoms with van der Waals surface area (Å²) in [6, 6.07) is 10.2. The van der Waals surface area contributed by atoms with Crippen LogP contribution >= 0.6 is 23.1 Å². The average Bonchev–Trinajstić information content (AvgIpc) is 2.86. The topological polar surface area (TPSA) is 50.7 Å². The van der Waals surface area contributed by atoms with Crippen molar-refractivity contribution in [2.75, 3.05) is 11.9 Å². The van der Waals surface area contributed by atoms with E-state index in [1.165, 1.54) is 4.70 Å². The van der Waals surface area contributed by atoms with Gasteiger partial charge in [0, 0.05) is 12.6 Å². The highest BCUT2D eigenvalue weighted by Gasteiger charge is 2.08. The molecule has 0 spiro atoms. The number of hydrogen-bond acceptors (Lipinski definition) is 6. The minimum atomic E-state index is 0.778. The van der Waals surface area contributed by atoms with Crippen LogP contribution in [0.25, 0.3) is 10.2 Å². The third-order valence-corrected chi connectivity index (χ3v) is 4.85. The van der Waals surface area contributed by atoms with Gasteiger partial charge < -0.3 is 5.32 Å². The van der Waals surface area contributed by atoms with Crippen molar-refractivity contribution >= 4 is 39.1 Å². The number of aryl methyl sites for hydroxylation is 1. The Morgan fingerprint density at radius 2 is 2.05 bits per heavy atom. The van der Waals surface area contributed by atoms with Crippen molar-refractivity contribution in [3.63, 3.8) is 0 Å². The van der Waals surface area contributed by atoms with Crippen LogP contribution in [0.2, 0.25) is 0 Å². The zero-order valence-corrected chi connectivity index (χ0v) is 13.6. The molecule has 108 valence electrons. The number of nitrogens with one attached hydrogen (secondary N) is 1. The highest BCUT2D eigenvalue weighted by molar-refractivity contribution is 8.01. The van der Waals surface area contributed by atoms with Crippen molar-refractivity contribution in [3.8, 4) is 0 Å². The number of fused-ring (bicyclic) bond motifs is 1. The Hall–Kier alpha value is -1.66. The van der Waals surface area contributed by atoms with Gasteiger partial charge in [-0.1, -0.05) is 19.1 Å². The first kappa shape index (κ1) is 14.3. The van der Waals surface area contributed by atoms with E-state index in [9.17, 15) is 0 Å². The molecule has 3 aromatic rings. The molecule has 0 radical (unpaired) electrons. The normalized spacial score (nSPS) is 11.0. The Bertz CT molecular complexity index is 721. The van der Waals surface area contributed by atoms with Gasteiger partial charge in [0.25, 0.3) is 0 Å². The fourth-order valence-electron chi connectivity index (χ4n) is 1.92. The van der Waals surface area contributed by atoms with E-state index < -0.39 is 0 Å². The lowest BCUT2D eigenvalue weighted by molar-refractivity contribution is 0.927. The molecule has 0 aliphatic rings. The maximum atomic E-state index is 4.63. The number of hydrogen-bond donors (Lipinski definition) is 1. The highest BCUT2D eigenvalue weighted by atomic mass is 32.2. The van der Waals surface area contributed by atoms with E-state index in [1.54, 1.807) is 23.1 Å². The summed E-state index contributed by atoms with van der Waals surface area (Å²) in [4.78, 5) is 13.5. The summed E-state index contributed by atoms with van der Waals surface area (Å²) in [5.41, 5.74) is 1.04. The molecule has 0 saturated carbocycles. The maximum Gasteiger partial charge on any atom is 0.157 e. The number of benzene rings is 1. The van der Waals surface area contributed by atoms with Gasteiger partial charge in [-0.3, -0.25) is 0 Å². The van der Waals surface area contributed by atoms with Crippen molar-refractivity contribution in [1.82, 2.24) is 15.0 Å². The molecule has 0 aliphatic heterocycles. The molecule has 0 atom stereocenters. The number of aromatic nitrogens is 3. The quantitative estimate of drug-likeness (QED) is 0.708. The van der Waals surface area contributed by atoms with E-state index in [-0.39, 0.29) is 0 Å². The standard InChI is InChI=1S/C15H16N4S2/c1-3-8-16-13-9-14(18-10(2)17-13)21-15-19-11-6-4-5-7-12(11)20-15/h4-7,9H,3,8H2,1-2H3,(H,16,17,18). The SMILES string of the molecule is CCCNc1cc(Sc2nc3ccccc3s2)nc(C)n1. The van der Waals surface area contributed by atoms with Crippen LogP contribution in [0.15, 0.2) is 39.7 Å². The fourth-order valence-corrected chi connectivity index (χ4v) is 3.98. The van der Waals surface area contributed by atoms with Crippen molar-refractivity contribution in [3.05, 3.63) is 36.2 Å². The Kier molecular flexibility index (Phi) is 4.36. The van der Waals surface area contributed by atoms with E-state index in [4.69, 9.17) is 0 Å². The lowest BCUT2D eigenvalue weighted by Gasteiger charge is -2.06. The summed E-state index contributed by atoms with van der Waals surface area (Å²) < 4.78 is 2.21. The van der Waals surface area contributed by atoms with Crippen LogP contribution in [0.4, 0.5) is 5.82 Å². The van der Waals surface area contributed by atoms with Gasteiger partial charge >= 0.3 is 0 Å². The summed E-state index contributed by atoms with van der Waals surface area (Å²) in [6.45, 7) is 4.97. The second-order valence-corrected chi connectivity index (χ2v) is 6.91. The maximum absolute atomic E-state index is 4.63. The molecule has 3 rings (SSSR count). The van der Waals surface area contributed by atoms with Gasteiger partial charge in [0.15, 0.2) is 4.34 Å². The van der Waals surface area contributed by atoms with Gasteiger partial charge in [0.2, 0.25) is 0 Å². The molecule has 1 N–H and O–H groups in total. The average molecular weight is 316 g/mol. The molecule has 4 nitrogen and oxygen atoms in total. The minimum absolute atomic E-state index is 0.778. The zero-order valence-electron chi connectivity index (χ0n) is 12.0. The number of para-hydroxylation sites is 1. The monoisotopic (exact) mass is 316 g/mol. The number of rotatable bonds is 5.